The van der Waals surface area contributed by atoms with Gasteiger partial charge in [0, 0.05) is 30.1 Å². The van der Waals surface area contributed by atoms with Crippen molar-refractivity contribution in [1.29, 1.82) is 0 Å². The predicted molar refractivity (Wildman–Crippen MR) is 121 cm³/mol. The standard InChI is InChI=1S/C20H34N6.2ClH/c21-16-11-15(12-16)17-13-18(25-19(22)24-17)23-14-20(7-3-1-4-8-20)26-9-5-2-6-10-26;;/h13,15-16H,1-12,14,21H2,(H3,22,23,24,25);2*1H. The second-order valence-electron chi connectivity index (χ2n) is 8.65. The van der Waals surface area contributed by atoms with Crippen molar-refractivity contribution in [2.45, 2.75) is 81.7 Å². The molecule has 0 aromatic carbocycles. The number of nitrogen functional groups attached to an aromatic ring is 1. The van der Waals surface area contributed by atoms with E-state index >= 15 is 0 Å². The van der Waals surface area contributed by atoms with Crippen molar-refractivity contribution in [1.82, 2.24) is 14.9 Å². The van der Waals surface area contributed by atoms with Crippen LogP contribution < -0.4 is 16.8 Å². The molecule has 28 heavy (non-hydrogen) atoms. The first kappa shape index (κ1) is 23.5. The first-order valence-corrected chi connectivity index (χ1v) is 10.5. The van der Waals surface area contributed by atoms with Crippen LogP contribution >= 0.6 is 24.8 Å². The topological polar surface area (TPSA) is 93.1 Å². The quantitative estimate of drug-likeness (QED) is 0.658. The van der Waals surface area contributed by atoms with Gasteiger partial charge >= 0.3 is 0 Å². The summed E-state index contributed by atoms with van der Waals surface area (Å²) in [5.41, 5.74) is 13.3. The number of hydrogen-bond donors (Lipinski definition) is 3. The van der Waals surface area contributed by atoms with Gasteiger partial charge < -0.3 is 16.8 Å². The summed E-state index contributed by atoms with van der Waals surface area (Å²) in [7, 11) is 0. The third-order valence-corrected chi connectivity index (χ3v) is 6.77. The van der Waals surface area contributed by atoms with E-state index in [2.05, 4.69) is 26.3 Å². The molecule has 4 rings (SSSR count). The Hall–Kier alpha value is -0.820. The van der Waals surface area contributed by atoms with Crippen LogP contribution in [0.4, 0.5) is 11.8 Å². The van der Waals surface area contributed by atoms with Gasteiger partial charge in [0.05, 0.1) is 5.69 Å². The number of anilines is 2. The highest BCUT2D eigenvalue weighted by atomic mass is 35.5. The fourth-order valence-electron chi connectivity index (χ4n) is 5.13. The fourth-order valence-corrected chi connectivity index (χ4v) is 5.13. The van der Waals surface area contributed by atoms with Crippen molar-refractivity contribution in [2.24, 2.45) is 5.73 Å². The van der Waals surface area contributed by atoms with Gasteiger partial charge in [-0.3, -0.25) is 4.90 Å². The zero-order chi connectivity index (χ0) is 18.0. The Kier molecular flexibility index (Phi) is 8.61. The molecule has 0 atom stereocenters. The molecule has 6 nitrogen and oxygen atoms in total. The maximum atomic E-state index is 5.99. The first-order chi connectivity index (χ1) is 12.6. The molecule has 3 aliphatic rings. The van der Waals surface area contributed by atoms with Crippen LogP contribution in [-0.4, -0.2) is 46.1 Å². The van der Waals surface area contributed by atoms with Crippen LogP contribution in [-0.2, 0) is 0 Å². The Bertz CT molecular complexity index is 611. The van der Waals surface area contributed by atoms with E-state index in [1.807, 2.05) is 0 Å². The molecule has 1 aliphatic heterocycles. The molecule has 3 fully saturated rings. The van der Waals surface area contributed by atoms with E-state index < -0.39 is 0 Å². The molecule has 2 aliphatic carbocycles. The summed E-state index contributed by atoms with van der Waals surface area (Å²) in [6.07, 6.45) is 12.7. The van der Waals surface area contributed by atoms with Gasteiger partial charge in [0.25, 0.3) is 0 Å². The Morgan fingerprint density at radius 3 is 2.29 bits per heavy atom. The molecule has 5 N–H and O–H groups in total. The summed E-state index contributed by atoms with van der Waals surface area (Å²) in [4.78, 5) is 11.7. The molecule has 1 aromatic heterocycles. The van der Waals surface area contributed by atoms with Crippen molar-refractivity contribution in [3.63, 3.8) is 0 Å². The third kappa shape index (κ3) is 5.21. The Balaban J connectivity index is 0.00000140. The molecule has 2 saturated carbocycles. The van der Waals surface area contributed by atoms with Gasteiger partial charge in [0.1, 0.15) is 5.82 Å². The van der Waals surface area contributed by atoms with Crippen molar-refractivity contribution in [2.75, 3.05) is 30.7 Å². The number of nitrogens with zero attached hydrogens (tertiary/aromatic N) is 3. The Morgan fingerprint density at radius 2 is 1.64 bits per heavy atom. The maximum Gasteiger partial charge on any atom is 0.222 e. The summed E-state index contributed by atoms with van der Waals surface area (Å²) in [6.45, 7) is 3.46. The van der Waals surface area contributed by atoms with Crippen molar-refractivity contribution >= 4 is 36.6 Å². The molecule has 1 saturated heterocycles. The lowest BCUT2D eigenvalue weighted by Gasteiger charge is -2.48. The van der Waals surface area contributed by atoms with Gasteiger partial charge in [-0.1, -0.05) is 25.7 Å². The van der Waals surface area contributed by atoms with E-state index in [1.165, 1.54) is 64.5 Å². The van der Waals surface area contributed by atoms with E-state index in [4.69, 9.17) is 11.5 Å². The van der Waals surface area contributed by atoms with E-state index in [9.17, 15) is 0 Å². The number of nitrogens with two attached hydrogens (primary N) is 2. The predicted octanol–water partition coefficient (Wildman–Crippen LogP) is 3.71. The SMILES string of the molecule is Cl.Cl.Nc1nc(NCC2(N3CCCCC3)CCCCC2)cc(C2CC(N)C2)n1. The zero-order valence-corrected chi connectivity index (χ0v) is 18.4. The number of rotatable bonds is 5. The monoisotopic (exact) mass is 430 g/mol. The van der Waals surface area contributed by atoms with Gasteiger partial charge in [0.15, 0.2) is 0 Å². The molecule has 2 heterocycles. The minimum absolute atomic E-state index is 0. The largest absolute Gasteiger partial charge is 0.368 e. The van der Waals surface area contributed by atoms with Crippen LogP contribution in [0.1, 0.15) is 75.8 Å². The Labute approximate surface area is 181 Å². The van der Waals surface area contributed by atoms with Gasteiger partial charge in [-0.2, -0.15) is 4.98 Å². The average Bonchev–Trinajstić information content (AvgIpc) is 2.65. The average molecular weight is 431 g/mol. The van der Waals surface area contributed by atoms with Crippen LogP contribution in [0.25, 0.3) is 0 Å². The second kappa shape index (κ2) is 10.3. The van der Waals surface area contributed by atoms with Crippen LogP contribution in [0.5, 0.6) is 0 Å². The number of halogens is 2. The molecule has 0 spiro atoms. The number of nitrogens with one attached hydrogen (secondary N) is 1. The van der Waals surface area contributed by atoms with Crippen LogP contribution in [0.3, 0.4) is 0 Å². The number of piperidine rings is 1. The highest BCUT2D eigenvalue weighted by molar-refractivity contribution is 5.85. The van der Waals surface area contributed by atoms with Crippen LogP contribution in [0.2, 0.25) is 0 Å². The van der Waals surface area contributed by atoms with Gasteiger partial charge in [-0.05, 0) is 51.6 Å². The smallest absolute Gasteiger partial charge is 0.222 e. The molecule has 0 bridgehead atoms. The lowest BCUT2D eigenvalue weighted by molar-refractivity contribution is 0.0437. The number of hydrogen-bond acceptors (Lipinski definition) is 6. The highest BCUT2D eigenvalue weighted by Crippen LogP contribution is 2.37. The first-order valence-electron chi connectivity index (χ1n) is 10.5. The van der Waals surface area contributed by atoms with Crippen molar-refractivity contribution < 1.29 is 0 Å². The minimum Gasteiger partial charge on any atom is -0.368 e. The van der Waals surface area contributed by atoms with Crippen molar-refractivity contribution in [3.05, 3.63) is 11.8 Å². The van der Waals surface area contributed by atoms with Gasteiger partial charge in [0.2, 0.25) is 5.95 Å². The molecule has 160 valence electrons. The Morgan fingerprint density at radius 1 is 1.00 bits per heavy atom. The third-order valence-electron chi connectivity index (χ3n) is 6.77. The summed E-state index contributed by atoms with van der Waals surface area (Å²) < 4.78 is 0. The van der Waals surface area contributed by atoms with Crippen molar-refractivity contribution in [3.8, 4) is 0 Å². The van der Waals surface area contributed by atoms with Crippen LogP contribution in [0.15, 0.2) is 6.07 Å². The molecular formula is C20H36Cl2N6. The lowest BCUT2D eigenvalue weighted by atomic mass is 9.78. The summed E-state index contributed by atoms with van der Waals surface area (Å²) in [5.74, 6) is 1.71. The molecule has 0 unspecified atom stereocenters. The molecular weight excluding hydrogens is 395 g/mol. The van der Waals surface area contributed by atoms with E-state index in [1.54, 1.807) is 0 Å². The highest BCUT2D eigenvalue weighted by Gasteiger charge is 2.38. The molecule has 1 aromatic rings. The minimum atomic E-state index is 0. The fraction of sp³-hybridized carbons (Fsp3) is 0.800. The summed E-state index contributed by atoms with van der Waals surface area (Å²) >= 11 is 0. The lowest BCUT2D eigenvalue weighted by Crippen LogP contribution is -2.56. The van der Waals surface area contributed by atoms with E-state index in [0.29, 0.717) is 17.9 Å². The van der Waals surface area contributed by atoms with Crippen LogP contribution in [0, 0.1) is 0 Å². The second-order valence-corrected chi connectivity index (χ2v) is 8.65. The van der Waals surface area contributed by atoms with E-state index in [-0.39, 0.29) is 30.4 Å². The number of aromatic nitrogens is 2. The van der Waals surface area contributed by atoms with Gasteiger partial charge in [-0.15, -0.1) is 24.8 Å². The summed E-state index contributed by atoms with van der Waals surface area (Å²) in [6, 6.07) is 2.41. The molecule has 0 amide bonds. The molecule has 8 heteroatoms. The maximum absolute atomic E-state index is 5.99. The summed E-state index contributed by atoms with van der Waals surface area (Å²) in [5, 5.41) is 3.64. The van der Waals surface area contributed by atoms with Gasteiger partial charge in [-0.25, -0.2) is 4.98 Å². The zero-order valence-electron chi connectivity index (χ0n) is 16.7. The van der Waals surface area contributed by atoms with E-state index in [0.717, 1.165) is 30.9 Å². The number of likely N-dealkylation sites (tertiary alicyclic amines) is 1. The molecule has 0 radical (unpaired) electrons. The normalized spacial score (nSPS) is 27.0.